The summed E-state index contributed by atoms with van der Waals surface area (Å²) in [5.74, 6) is 0.359. The van der Waals surface area contributed by atoms with Gasteiger partial charge in [-0.15, -0.1) is 0 Å². The zero-order valence-electron chi connectivity index (χ0n) is 11.6. The van der Waals surface area contributed by atoms with Crippen LogP contribution >= 0.6 is 0 Å². The number of carbonyl (C=O) groups is 1. The maximum atomic E-state index is 11.5. The van der Waals surface area contributed by atoms with E-state index in [0.29, 0.717) is 23.2 Å². The third kappa shape index (κ3) is 3.19. The molecule has 1 fully saturated rings. The Labute approximate surface area is 114 Å². The Morgan fingerprint density at radius 1 is 1.42 bits per heavy atom. The molecule has 104 valence electrons. The minimum Gasteiger partial charge on any atom is -0.465 e. The fraction of sp³-hybridized carbons (Fsp3) is 0.533. The fourth-order valence-electron chi connectivity index (χ4n) is 2.75. The molecule has 0 aromatic heterocycles. The van der Waals surface area contributed by atoms with Crippen LogP contribution in [0.25, 0.3) is 0 Å². The Bertz CT molecular complexity index is 453. The highest BCUT2D eigenvalue weighted by atomic mass is 16.5. The van der Waals surface area contributed by atoms with Crippen LogP contribution in [0.1, 0.15) is 43.0 Å². The van der Waals surface area contributed by atoms with Crippen LogP contribution in [0.15, 0.2) is 18.2 Å². The van der Waals surface area contributed by atoms with Gasteiger partial charge in [-0.1, -0.05) is 12.8 Å². The monoisotopic (exact) mass is 262 g/mol. The molecule has 0 spiro atoms. The smallest absolute Gasteiger partial charge is 0.337 e. The number of hydrogen-bond acceptors (Lipinski definition) is 4. The van der Waals surface area contributed by atoms with Gasteiger partial charge in [-0.3, -0.25) is 0 Å². The number of benzene rings is 1. The Hall–Kier alpha value is -1.71. The van der Waals surface area contributed by atoms with E-state index in [1.54, 1.807) is 18.2 Å². The predicted molar refractivity (Wildman–Crippen MR) is 77.2 cm³/mol. The van der Waals surface area contributed by atoms with Gasteiger partial charge >= 0.3 is 5.97 Å². The lowest BCUT2D eigenvalue weighted by atomic mass is 9.99. The van der Waals surface area contributed by atoms with Gasteiger partial charge in [0.1, 0.15) is 0 Å². The third-order valence-corrected chi connectivity index (χ3v) is 3.96. The van der Waals surface area contributed by atoms with Crippen LogP contribution < -0.4 is 11.1 Å². The molecule has 1 aromatic rings. The lowest BCUT2D eigenvalue weighted by Gasteiger charge is -2.22. The van der Waals surface area contributed by atoms with Crippen molar-refractivity contribution in [3.63, 3.8) is 0 Å². The summed E-state index contributed by atoms with van der Waals surface area (Å²) in [6.45, 7) is 2.18. The first-order valence-corrected chi connectivity index (χ1v) is 6.86. The highest BCUT2D eigenvalue weighted by Gasteiger charge is 2.22. The van der Waals surface area contributed by atoms with Crippen LogP contribution in [0.2, 0.25) is 0 Å². The standard InChI is InChI=1S/C15H22N2O2/c1-10(11-5-3-4-6-11)17-14-9-12(15(18)19-2)7-8-13(14)16/h7-11,17H,3-6,16H2,1-2H3. The van der Waals surface area contributed by atoms with Gasteiger partial charge in [-0.05, 0) is 43.9 Å². The summed E-state index contributed by atoms with van der Waals surface area (Å²) in [5.41, 5.74) is 7.98. The van der Waals surface area contributed by atoms with E-state index in [1.807, 2.05) is 0 Å². The molecule has 0 saturated heterocycles. The molecule has 0 radical (unpaired) electrons. The summed E-state index contributed by atoms with van der Waals surface area (Å²) in [7, 11) is 1.38. The number of nitrogens with two attached hydrogens (primary N) is 1. The highest BCUT2D eigenvalue weighted by molar-refractivity contribution is 5.91. The fourth-order valence-corrected chi connectivity index (χ4v) is 2.75. The topological polar surface area (TPSA) is 64.3 Å². The Balaban J connectivity index is 2.12. The molecule has 4 nitrogen and oxygen atoms in total. The van der Waals surface area contributed by atoms with Crippen molar-refractivity contribution in [2.75, 3.05) is 18.2 Å². The second kappa shape index (κ2) is 5.95. The normalized spacial score (nSPS) is 17.2. The molecule has 1 saturated carbocycles. The zero-order chi connectivity index (χ0) is 13.8. The van der Waals surface area contributed by atoms with Crippen LogP contribution in [0.4, 0.5) is 11.4 Å². The van der Waals surface area contributed by atoms with E-state index in [2.05, 4.69) is 12.2 Å². The molecule has 0 aliphatic heterocycles. The van der Waals surface area contributed by atoms with Gasteiger partial charge in [-0.25, -0.2) is 4.79 Å². The minimum absolute atomic E-state index is 0.337. The molecule has 19 heavy (non-hydrogen) atoms. The molecule has 0 bridgehead atoms. The summed E-state index contributed by atoms with van der Waals surface area (Å²) in [5, 5.41) is 3.44. The van der Waals surface area contributed by atoms with E-state index in [9.17, 15) is 4.79 Å². The van der Waals surface area contributed by atoms with Gasteiger partial charge in [0.05, 0.1) is 24.0 Å². The summed E-state index contributed by atoms with van der Waals surface area (Å²) in [6, 6.07) is 5.58. The Morgan fingerprint density at radius 3 is 2.74 bits per heavy atom. The molecule has 1 aliphatic carbocycles. The quantitative estimate of drug-likeness (QED) is 0.646. The number of ether oxygens (including phenoxy) is 1. The second-order valence-corrected chi connectivity index (χ2v) is 5.27. The van der Waals surface area contributed by atoms with Crippen molar-refractivity contribution in [2.45, 2.75) is 38.6 Å². The van der Waals surface area contributed by atoms with E-state index < -0.39 is 0 Å². The van der Waals surface area contributed by atoms with Crippen molar-refractivity contribution >= 4 is 17.3 Å². The first-order valence-electron chi connectivity index (χ1n) is 6.86. The van der Waals surface area contributed by atoms with Crippen molar-refractivity contribution in [2.24, 2.45) is 5.92 Å². The molecule has 0 amide bonds. The average molecular weight is 262 g/mol. The number of rotatable bonds is 4. The molecular formula is C15H22N2O2. The van der Waals surface area contributed by atoms with Crippen molar-refractivity contribution in [1.82, 2.24) is 0 Å². The zero-order valence-corrected chi connectivity index (χ0v) is 11.6. The lowest BCUT2D eigenvalue weighted by Crippen LogP contribution is -2.24. The molecule has 1 aliphatic rings. The second-order valence-electron chi connectivity index (χ2n) is 5.27. The van der Waals surface area contributed by atoms with Gasteiger partial charge in [0.25, 0.3) is 0 Å². The van der Waals surface area contributed by atoms with Crippen LogP contribution in [0.3, 0.4) is 0 Å². The molecule has 1 atom stereocenters. The first-order chi connectivity index (χ1) is 9.11. The SMILES string of the molecule is COC(=O)c1ccc(N)c(NC(C)C2CCCC2)c1. The van der Waals surface area contributed by atoms with E-state index >= 15 is 0 Å². The van der Waals surface area contributed by atoms with Gasteiger partial charge < -0.3 is 15.8 Å². The average Bonchev–Trinajstić information content (AvgIpc) is 2.94. The van der Waals surface area contributed by atoms with Gasteiger partial charge in [0.2, 0.25) is 0 Å². The Morgan fingerprint density at radius 2 is 2.11 bits per heavy atom. The van der Waals surface area contributed by atoms with Crippen LogP contribution in [0, 0.1) is 5.92 Å². The number of nitrogens with one attached hydrogen (secondary N) is 1. The molecule has 2 rings (SSSR count). The van der Waals surface area contributed by atoms with E-state index in [0.717, 1.165) is 5.69 Å². The highest BCUT2D eigenvalue weighted by Crippen LogP contribution is 2.30. The van der Waals surface area contributed by atoms with Crippen LogP contribution in [0.5, 0.6) is 0 Å². The Kier molecular flexibility index (Phi) is 4.30. The maximum absolute atomic E-state index is 11.5. The molecular weight excluding hydrogens is 240 g/mol. The number of nitrogen functional groups attached to an aromatic ring is 1. The number of anilines is 2. The third-order valence-electron chi connectivity index (χ3n) is 3.96. The van der Waals surface area contributed by atoms with E-state index in [-0.39, 0.29) is 5.97 Å². The van der Waals surface area contributed by atoms with Crippen molar-refractivity contribution in [3.8, 4) is 0 Å². The minimum atomic E-state index is -0.337. The largest absolute Gasteiger partial charge is 0.465 e. The van der Waals surface area contributed by atoms with Gasteiger partial charge in [0, 0.05) is 6.04 Å². The molecule has 0 heterocycles. The first kappa shape index (κ1) is 13.7. The van der Waals surface area contributed by atoms with Crippen LogP contribution in [-0.4, -0.2) is 19.1 Å². The summed E-state index contributed by atoms with van der Waals surface area (Å²) >= 11 is 0. The molecule has 1 aromatic carbocycles. The van der Waals surface area contributed by atoms with E-state index in [1.165, 1.54) is 32.8 Å². The molecule has 3 N–H and O–H groups in total. The number of carbonyl (C=O) groups excluding carboxylic acids is 1. The van der Waals surface area contributed by atoms with E-state index in [4.69, 9.17) is 10.5 Å². The van der Waals surface area contributed by atoms with Crippen molar-refractivity contribution < 1.29 is 9.53 Å². The number of hydrogen-bond donors (Lipinski definition) is 2. The van der Waals surface area contributed by atoms with Crippen LogP contribution in [-0.2, 0) is 4.74 Å². The molecule has 1 unspecified atom stereocenters. The number of esters is 1. The summed E-state index contributed by atoms with van der Waals surface area (Å²) < 4.78 is 4.73. The molecule has 4 heteroatoms. The van der Waals surface area contributed by atoms with Gasteiger partial charge in [-0.2, -0.15) is 0 Å². The van der Waals surface area contributed by atoms with Gasteiger partial charge in [0.15, 0.2) is 0 Å². The summed E-state index contributed by atoms with van der Waals surface area (Å²) in [6.07, 6.45) is 5.16. The summed E-state index contributed by atoms with van der Waals surface area (Å²) in [4.78, 5) is 11.5. The maximum Gasteiger partial charge on any atom is 0.337 e. The van der Waals surface area contributed by atoms with Crippen molar-refractivity contribution in [3.05, 3.63) is 23.8 Å². The lowest BCUT2D eigenvalue weighted by molar-refractivity contribution is 0.0601. The number of methoxy groups -OCH3 is 1. The predicted octanol–water partition coefficient (Wildman–Crippen LogP) is 3.05. The van der Waals surface area contributed by atoms with Crippen molar-refractivity contribution in [1.29, 1.82) is 0 Å².